The van der Waals surface area contributed by atoms with Gasteiger partial charge in [-0.2, -0.15) is 0 Å². The zero-order valence-corrected chi connectivity index (χ0v) is 18.3. The Morgan fingerprint density at radius 1 is 1.19 bits per heavy atom. The molecule has 0 atom stereocenters. The van der Waals surface area contributed by atoms with Crippen LogP contribution in [0.1, 0.15) is 58.9 Å². The van der Waals surface area contributed by atoms with Gasteiger partial charge in [0, 0.05) is 23.0 Å². The first-order chi connectivity index (χ1) is 15.1. The number of aromatic nitrogens is 2. The average molecular weight is 440 g/mol. The number of hydrogen-bond acceptors (Lipinski definition) is 5. The number of nitrogens with zero attached hydrogens (tertiary/aromatic N) is 2. The number of carbonyl (C=O) groups excluding carboxylic acids is 1. The van der Waals surface area contributed by atoms with E-state index in [9.17, 15) is 14.4 Å². The quantitative estimate of drug-likeness (QED) is 0.677. The first kappa shape index (κ1) is 20.1. The molecule has 3 aromatic rings. The number of rotatable bonds is 3. The van der Waals surface area contributed by atoms with Crippen molar-refractivity contribution in [2.24, 2.45) is 0 Å². The van der Waals surface area contributed by atoms with Crippen LogP contribution in [-0.2, 0) is 13.0 Å². The van der Waals surface area contributed by atoms with Crippen LogP contribution in [0.25, 0.3) is 10.2 Å². The summed E-state index contributed by atoms with van der Waals surface area (Å²) in [4.78, 5) is 45.4. The maximum Gasteiger partial charge on any atom is 0.329 e. The highest BCUT2D eigenvalue weighted by Gasteiger charge is 2.28. The molecule has 5 rings (SSSR count). The second-order valence-corrected chi connectivity index (χ2v) is 9.42. The molecule has 1 fully saturated rings. The predicted octanol–water partition coefficient (Wildman–Crippen LogP) is 3.46. The van der Waals surface area contributed by atoms with E-state index in [-0.39, 0.29) is 23.2 Å². The summed E-state index contributed by atoms with van der Waals surface area (Å²) in [5.41, 5.74) is 1.08. The van der Waals surface area contributed by atoms with Crippen LogP contribution in [0.5, 0.6) is 5.75 Å². The topological polar surface area (TPSA) is 84.4 Å². The molecule has 1 aliphatic carbocycles. The van der Waals surface area contributed by atoms with Gasteiger partial charge in [-0.3, -0.25) is 19.1 Å². The molecule has 8 heteroatoms. The summed E-state index contributed by atoms with van der Waals surface area (Å²) in [5, 5.41) is 0.638. The maximum atomic E-state index is 13.3. The Hall–Kier alpha value is -2.87. The molecule has 7 nitrogen and oxygen atoms in total. The van der Waals surface area contributed by atoms with Gasteiger partial charge in [-0.1, -0.05) is 25.3 Å². The first-order valence-corrected chi connectivity index (χ1v) is 11.6. The number of carbonyl (C=O) groups is 1. The molecule has 1 saturated carbocycles. The van der Waals surface area contributed by atoms with Crippen LogP contribution in [-0.4, -0.2) is 34.0 Å². The number of hydrogen-bond donors (Lipinski definition) is 1. The smallest absolute Gasteiger partial charge is 0.329 e. The van der Waals surface area contributed by atoms with Gasteiger partial charge in [0.05, 0.1) is 19.0 Å². The summed E-state index contributed by atoms with van der Waals surface area (Å²) < 4.78 is 6.68. The molecule has 1 aliphatic heterocycles. The molecule has 0 unspecified atom stereocenters. The number of thiophene rings is 1. The van der Waals surface area contributed by atoms with Gasteiger partial charge < -0.3 is 9.64 Å². The molecule has 0 radical (unpaired) electrons. The van der Waals surface area contributed by atoms with Crippen molar-refractivity contribution in [1.82, 2.24) is 14.5 Å². The number of H-pyrrole nitrogens is 1. The molecule has 1 amide bonds. The fourth-order valence-electron chi connectivity index (χ4n) is 4.87. The fraction of sp³-hybridized carbons (Fsp3) is 0.435. The summed E-state index contributed by atoms with van der Waals surface area (Å²) >= 11 is 1.42. The number of benzene rings is 1. The zero-order chi connectivity index (χ0) is 21.5. The molecular weight excluding hydrogens is 414 g/mol. The molecule has 0 bridgehead atoms. The Labute approximate surface area is 183 Å². The van der Waals surface area contributed by atoms with E-state index in [1.54, 1.807) is 30.2 Å². The minimum absolute atomic E-state index is 0.0142. The van der Waals surface area contributed by atoms with Crippen LogP contribution < -0.4 is 16.0 Å². The Bertz CT molecular complexity index is 1270. The van der Waals surface area contributed by atoms with Crippen LogP contribution >= 0.6 is 11.3 Å². The van der Waals surface area contributed by atoms with Crippen molar-refractivity contribution in [3.63, 3.8) is 0 Å². The molecule has 0 saturated heterocycles. The minimum atomic E-state index is -0.313. The third kappa shape index (κ3) is 3.48. The SMILES string of the molecule is COc1cccc(C(=O)N2CCc3c(sc4[nH]c(=O)n(C5CCCCC5)c(=O)c34)C2)c1. The van der Waals surface area contributed by atoms with Crippen molar-refractivity contribution in [3.8, 4) is 5.75 Å². The van der Waals surface area contributed by atoms with E-state index in [1.165, 1.54) is 15.9 Å². The lowest BCUT2D eigenvalue weighted by atomic mass is 9.95. The molecule has 162 valence electrons. The van der Waals surface area contributed by atoms with E-state index in [1.807, 2.05) is 6.07 Å². The van der Waals surface area contributed by atoms with Crippen molar-refractivity contribution >= 4 is 27.5 Å². The van der Waals surface area contributed by atoms with Crippen LogP contribution in [0.4, 0.5) is 0 Å². The lowest BCUT2D eigenvalue weighted by molar-refractivity contribution is 0.0737. The van der Waals surface area contributed by atoms with Crippen molar-refractivity contribution in [2.75, 3.05) is 13.7 Å². The van der Waals surface area contributed by atoms with Crippen LogP contribution in [0.3, 0.4) is 0 Å². The predicted molar refractivity (Wildman–Crippen MR) is 120 cm³/mol. The van der Waals surface area contributed by atoms with Gasteiger partial charge in [0.2, 0.25) is 0 Å². The maximum absolute atomic E-state index is 13.3. The minimum Gasteiger partial charge on any atom is -0.497 e. The van der Waals surface area contributed by atoms with Gasteiger partial charge >= 0.3 is 5.69 Å². The highest BCUT2D eigenvalue weighted by atomic mass is 32.1. The number of amides is 1. The average Bonchev–Trinajstić information content (AvgIpc) is 3.16. The van der Waals surface area contributed by atoms with Gasteiger partial charge in [-0.25, -0.2) is 4.79 Å². The van der Waals surface area contributed by atoms with Crippen molar-refractivity contribution in [2.45, 2.75) is 51.1 Å². The fourth-order valence-corrected chi connectivity index (χ4v) is 6.12. The first-order valence-electron chi connectivity index (χ1n) is 10.8. The Kier molecular flexibility index (Phi) is 5.17. The lowest BCUT2D eigenvalue weighted by Crippen LogP contribution is -2.39. The molecular formula is C23H25N3O4S. The molecule has 2 aromatic heterocycles. The van der Waals surface area contributed by atoms with E-state index >= 15 is 0 Å². The number of nitrogens with one attached hydrogen (secondary N) is 1. The monoisotopic (exact) mass is 439 g/mol. The molecule has 1 aromatic carbocycles. The number of fused-ring (bicyclic) bond motifs is 3. The second-order valence-electron chi connectivity index (χ2n) is 8.31. The van der Waals surface area contributed by atoms with E-state index in [0.29, 0.717) is 41.0 Å². The second kappa shape index (κ2) is 8.00. The van der Waals surface area contributed by atoms with Gasteiger partial charge in [0.25, 0.3) is 11.5 Å². The van der Waals surface area contributed by atoms with Crippen molar-refractivity contribution in [3.05, 3.63) is 61.1 Å². The van der Waals surface area contributed by atoms with Gasteiger partial charge in [-0.15, -0.1) is 11.3 Å². The summed E-state index contributed by atoms with van der Waals surface area (Å²) in [6.07, 6.45) is 5.63. The molecule has 1 N–H and O–H groups in total. The lowest BCUT2D eigenvalue weighted by Gasteiger charge is -2.27. The van der Waals surface area contributed by atoms with E-state index in [2.05, 4.69) is 4.98 Å². The highest BCUT2D eigenvalue weighted by molar-refractivity contribution is 7.18. The van der Waals surface area contributed by atoms with Gasteiger partial charge in [0.1, 0.15) is 10.6 Å². The van der Waals surface area contributed by atoms with E-state index in [0.717, 1.165) is 42.5 Å². The summed E-state index contributed by atoms with van der Waals surface area (Å²) in [5.74, 6) is 0.585. The normalized spacial score (nSPS) is 17.0. The van der Waals surface area contributed by atoms with E-state index in [4.69, 9.17) is 4.74 Å². The zero-order valence-electron chi connectivity index (χ0n) is 17.5. The summed E-state index contributed by atoms with van der Waals surface area (Å²) in [7, 11) is 1.58. The molecule has 31 heavy (non-hydrogen) atoms. The Morgan fingerprint density at radius 3 is 2.77 bits per heavy atom. The van der Waals surface area contributed by atoms with E-state index < -0.39 is 0 Å². The molecule has 2 aliphatic rings. The molecule has 0 spiro atoms. The van der Waals surface area contributed by atoms with Gasteiger partial charge in [-0.05, 0) is 43.0 Å². The number of ether oxygens (including phenoxy) is 1. The highest BCUT2D eigenvalue weighted by Crippen LogP contribution is 2.33. The standard InChI is InChI=1S/C23H25N3O4S/c1-30-16-9-5-6-14(12-16)21(27)25-11-10-17-18(13-25)31-20-19(17)22(28)26(23(29)24-20)15-7-3-2-4-8-15/h5-6,9,12,15H,2-4,7-8,10-11,13H2,1H3,(H,24,29). The summed E-state index contributed by atoms with van der Waals surface area (Å²) in [6, 6.07) is 7.12. The molecule has 3 heterocycles. The number of methoxy groups -OCH3 is 1. The van der Waals surface area contributed by atoms with Crippen LogP contribution in [0, 0.1) is 0 Å². The number of aromatic amines is 1. The van der Waals surface area contributed by atoms with Crippen LogP contribution in [0.15, 0.2) is 33.9 Å². The van der Waals surface area contributed by atoms with Crippen molar-refractivity contribution < 1.29 is 9.53 Å². The Morgan fingerprint density at radius 2 is 2.00 bits per heavy atom. The van der Waals surface area contributed by atoms with Crippen LogP contribution in [0.2, 0.25) is 0 Å². The van der Waals surface area contributed by atoms with Crippen molar-refractivity contribution in [1.29, 1.82) is 0 Å². The Balaban J connectivity index is 1.50. The largest absolute Gasteiger partial charge is 0.497 e. The third-order valence-corrected chi connectivity index (χ3v) is 7.60. The third-order valence-electron chi connectivity index (χ3n) is 6.47. The van der Waals surface area contributed by atoms with Gasteiger partial charge in [0.15, 0.2) is 0 Å². The summed E-state index contributed by atoms with van der Waals surface area (Å²) in [6.45, 7) is 0.979.